The molecule has 1 aliphatic carbocycles. The van der Waals surface area contributed by atoms with Gasteiger partial charge in [0.05, 0.1) is 12.5 Å². The van der Waals surface area contributed by atoms with E-state index in [9.17, 15) is 14.4 Å². The van der Waals surface area contributed by atoms with E-state index in [-0.39, 0.29) is 30.2 Å². The van der Waals surface area contributed by atoms with E-state index in [4.69, 9.17) is 14.6 Å². The van der Waals surface area contributed by atoms with Crippen LogP contribution in [0.15, 0.2) is 18.2 Å². The Morgan fingerprint density at radius 1 is 1.07 bits per heavy atom. The minimum atomic E-state index is -0.794. The zero-order valence-corrected chi connectivity index (χ0v) is 16.0. The molecule has 1 fully saturated rings. The number of rotatable bonds is 6. The van der Waals surface area contributed by atoms with Crippen LogP contribution in [0, 0.1) is 11.8 Å². The first-order valence-electron chi connectivity index (χ1n) is 9.69. The third kappa shape index (κ3) is 4.74. The molecule has 8 nitrogen and oxygen atoms in total. The van der Waals surface area contributed by atoms with Gasteiger partial charge in [-0.1, -0.05) is 0 Å². The van der Waals surface area contributed by atoms with Crippen LogP contribution in [-0.2, 0) is 14.4 Å². The Kier molecular flexibility index (Phi) is 6.38. The Bertz CT molecular complexity index is 742. The van der Waals surface area contributed by atoms with Gasteiger partial charge in [0.1, 0.15) is 13.2 Å². The van der Waals surface area contributed by atoms with Crippen molar-refractivity contribution < 1.29 is 29.0 Å². The number of hydrogen-bond acceptors (Lipinski definition) is 5. The first-order chi connectivity index (χ1) is 13.5. The van der Waals surface area contributed by atoms with Crippen LogP contribution >= 0.6 is 0 Å². The van der Waals surface area contributed by atoms with Crippen molar-refractivity contribution in [1.29, 1.82) is 0 Å². The summed E-state index contributed by atoms with van der Waals surface area (Å²) < 4.78 is 11.0. The van der Waals surface area contributed by atoms with E-state index in [0.29, 0.717) is 62.6 Å². The van der Waals surface area contributed by atoms with Gasteiger partial charge in [0, 0.05) is 24.2 Å². The van der Waals surface area contributed by atoms with Gasteiger partial charge in [0.2, 0.25) is 11.8 Å². The van der Waals surface area contributed by atoms with Gasteiger partial charge >= 0.3 is 5.97 Å². The fraction of sp³-hybridized carbons (Fsp3) is 0.550. The Morgan fingerprint density at radius 3 is 2.36 bits per heavy atom. The van der Waals surface area contributed by atoms with Crippen LogP contribution in [0.3, 0.4) is 0 Å². The van der Waals surface area contributed by atoms with Gasteiger partial charge in [-0.3, -0.25) is 14.4 Å². The number of carbonyl (C=O) groups is 3. The number of aliphatic carboxylic acids is 1. The predicted molar refractivity (Wildman–Crippen MR) is 101 cm³/mol. The summed E-state index contributed by atoms with van der Waals surface area (Å²) in [5, 5.41) is 11.9. The van der Waals surface area contributed by atoms with E-state index >= 15 is 0 Å². The highest BCUT2D eigenvalue weighted by Crippen LogP contribution is 2.33. The Labute approximate surface area is 163 Å². The summed E-state index contributed by atoms with van der Waals surface area (Å²) in [6.07, 6.45) is 2.12. The van der Waals surface area contributed by atoms with Crippen molar-refractivity contribution >= 4 is 23.5 Å². The Balaban J connectivity index is 1.54. The van der Waals surface area contributed by atoms with Crippen LogP contribution in [0.2, 0.25) is 0 Å². The molecular weight excluding hydrogens is 364 g/mol. The van der Waals surface area contributed by atoms with Gasteiger partial charge in [-0.25, -0.2) is 0 Å². The largest absolute Gasteiger partial charge is 0.486 e. The molecule has 0 unspecified atom stereocenters. The van der Waals surface area contributed by atoms with Crippen LogP contribution in [-0.4, -0.2) is 54.1 Å². The van der Waals surface area contributed by atoms with Crippen LogP contribution in [0.4, 0.5) is 5.69 Å². The SMILES string of the molecule is CCN(CC(=O)Nc1ccc2c(c1)OCCO2)C(=O)C1CCC(C(=O)O)CC1. The molecule has 1 aromatic carbocycles. The first kappa shape index (κ1) is 20.0. The van der Waals surface area contributed by atoms with Crippen molar-refractivity contribution in [2.24, 2.45) is 11.8 Å². The summed E-state index contributed by atoms with van der Waals surface area (Å²) in [6, 6.07) is 5.18. The van der Waals surface area contributed by atoms with Crippen LogP contribution in [0.1, 0.15) is 32.6 Å². The summed E-state index contributed by atoms with van der Waals surface area (Å²) >= 11 is 0. The number of benzene rings is 1. The molecule has 28 heavy (non-hydrogen) atoms. The second-order valence-corrected chi connectivity index (χ2v) is 7.15. The molecule has 0 saturated heterocycles. The summed E-state index contributed by atoms with van der Waals surface area (Å²) in [4.78, 5) is 37.8. The van der Waals surface area contributed by atoms with Gasteiger partial charge in [0.15, 0.2) is 11.5 Å². The van der Waals surface area contributed by atoms with Crippen molar-refractivity contribution in [3.05, 3.63) is 18.2 Å². The van der Waals surface area contributed by atoms with Gasteiger partial charge in [0.25, 0.3) is 0 Å². The van der Waals surface area contributed by atoms with E-state index in [1.54, 1.807) is 18.2 Å². The van der Waals surface area contributed by atoms with Crippen LogP contribution in [0.5, 0.6) is 11.5 Å². The second-order valence-electron chi connectivity index (χ2n) is 7.15. The number of carbonyl (C=O) groups excluding carboxylic acids is 2. The third-order valence-corrected chi connectivity index (χ3v) is 5.28. The number of carboxylic acids is 1. The monoisotopic (exact) mass is 390 g/mol. The normalized spacial score (nSPS) is 20.9. The van der Waals surface area contributed by atoms with E-state index in [2.05, 4.69) is 5.32 Å². The van der Waals surface area contributed by atoms with Crippen molar-refractivity contribution in [2.75, 3.05) is 31.6 Å². The maximum absolute atomic E-state index is 12.7. The molecule has 1 saturated carbocycles. The van der Waals surface area contributed by atoms with Crippen LogP contribution < -0.4 is 14.8 Å². The second kappa shape index (κ2) is 8.95. The number of hydrogen-bond donors (Lipinski definition) is 2. The minimum absolute atomic E-state index is 0.0391. The first-order valence-corrected chi connectivity index (χ1v) is 9.69. The lowest BCUT2D eigenvalue weighted by Crippen LogP contribution is -2.42. The highest BCUT2D eigenvalue weighted by molar-refractivity contribution is 5.95. The standard InChI is InChI=1S/C20H26N2O6/c1-2-22(19(24)13-3-5-14(6-4-13)20(25)26)12-18(23)21-15-7-8-16-17(11-15)28-10-9-27-16/h7-8,11,13-14H,2-6,9-10,12H2,1H3,(H,21,23)(H,25,26). The van der Waals surface area contributed by atoms with Crippen LogP contribution in [0.25, 0.3) is 0 Å². The number of carboxylic acid groups (broad SMARTS) is 1. The van der Waals surface area contributed by atoms with Gasteiger partial charge in [-0.2, -0.15) is 0 Å². The molecule has 0 spiro atoms. The van der Waals surface area contributed by atoms with Gasteiger partial charge < -0.3 is 24.8 Å². The Morgan fingerprint density at radius 2 is 1.71 bits per heavy atom. The highest BCUT2D eigenvalue weighted by Gasteiger charge is 2.32. The number of likely N-dealkylation sites (N-methyl/N-ethyl adjacent to an activating group) is 1. The summed E-state index contributed by atoms with van der Waals surface area (Å²) in [7, 11) is 0. The predicted octanol–water partition coefficient (Wildman–Crippen LogP) is 2.14. The van der Waals surface area contributed by atoms with Gasteiger partial charge in [-0.15, -0.1) is 0 Å². The fourth-order valence-electron chi connectivity index (χ4n) is 3.69. The lowest BCUT2D eigenvalue weighted by Gasteiger charge is -2.30. The van der Waals surface area contributed by atoms with Gasteiger partial charge in [-0.05, 0) is 44.7 Å². The number of amides is 2. The number of anilines is 1. The molecule has 2 aliphatic rings. The highest BCUT2D eigenvalue weighted by atomic mass is 16.6. The summed E-state index contributed by atoms with van der Waals surface area (Å²) in [5.74, 6) is -0.503. The molecule has 0 aromatic heterocycles. The summed E-state index contributed by atoms with van der Waals surface area (Å²) in [5.41, 5.74) is 0.583. The zero-order chi connectivity index (χ0) is 20.1. The molecule has 1 aromatic rings. The molecular formula is C20H26N2O6. The van der Waals surface area contributed by atoms with Crippen molar-refractivity contribution in [1.82, 2.24) is 4.90 Å². The van der Waals surface area contributed by atoms with E-state index in [1.807, 2.05) is 6.92 Å². The molecule has 2 amide bonds. The van der Waals surface area contributed by atoms with Crippen molar-refractivity contribution in [3.8, 4) is 11.5 Å². The Hall–Kier alpha value is -2.77. The maximum Gasteiger partial charge on any atom is 0.306 e. The van der Waals surface area contributed by atoms with E-state index < -0.39 is 5.97 Å². The number of nitrogens with zero attached hydrogens (tertiary/aromatic N) is 1. The van der Waals surface area contributed by atoms with E-state index in [1.165, 1.54) is 4.90 Å². The lowest BCUT2D eigenvalue weighted by atomic mass is 9.81. The lowest BCUT2D eigenvalue weighted by molar-refractivity contribution is -0.146. The average molecular weight is 390 g/mol. The zero-order valence-electron chi connectivity index (χ0n) is 16.0. The number of nitrogens with one attached hydrogen (secondary N) is 1. The quantitative estimate of drug-likeness (QED) is 0.771. The molecule has 0 radical (unpaired) electrons. The molecule has 8 heteroatoms. The maximum atomic E-state index is 12.7. The number of fused-ring (bicyclic) bond motifs is 1. The fourth-order valence-corrected chi connectivity index (χ4v) is 3.69. The molecule has 0 atom stereocenters. The third-order valence-electron chi connectivity index (χ3n) is 5.28. The molecule has 0 bridgehead atoms. The number of ether oxygens (including phenoxy) is 2. The smallest absolute Gasteiger partial charge is 0.306 e. The molecule has 152 valence electrons. The van der Waals surface area contributed by atoms with Crippen molar-refractivity contribution in [2.45, 2.75) is 32.6 Å². The molecule has 1 heterocycles. The topological polar surface area (TPSA) is 105 Å². The molecule has 3 rings (SSSR count). The molecule has 1 aliphatic heterocycles. The van der Waals surface area contributed by atoms with Crippen molar-refractivity contribution in [3.63, 3.8) is 0 Å². The molecule has 2 N–H and O–H groups in total. The summed E-state index contributed by atoms with van der Waals surface area (Å²) in [6.45, 7) is 3.18. The van der Waals surface area contributed by atoms with E-state index in [0.717, 1.165) is 0 Å². The average Bonchev–Trinajstić information content (AvgIpc) is 2.71. The minimum Gasteiger partial charge on any atom is -0.486 e.